The van der Waals surface area contributed by atoms with Crippen molar-refractivity contribution in [2.24, 2.45) is 0 Å². The molecule has 0 heterocycles. The second kappa shape index (κ2) is 3.06. The van der Waals surface area contributed by atoms with Crippen LogP contribution in [0.4, 0.5) is 0 Å². The fraction of sp³-hybridized carbons (Fsp3) is 0. The van der Waals surface area contributed by atoms with Crippen molar-refractivity contribution in [3.05, 3.63) is 5.57 Å². The molecule has 0 aliphatic carbocycles. The fourth-order valence-corrected chi connectivity index (χ4v) is 0.162. The summed E-state index contributed by atoms with van der Waals surface area (Å²) in [7, 11) is 0. The maximum atomic E-state index is 7.89. The standard InChI is InChI=1S/C4N2S/c5-1-4(2-6)3-7. The third-order valence-corrected chi connectivity index (χ3v) is 0.530. The first kappa shape index (κ1) is 5.85. The highest BCUT2D eigenvalue weighted by Crippen LogP contribution is 1.76. The second-order valence-electron chi connectivity index (χ2n) is 0.701. The van der Waals surface area contributed by atoms with Crippen LogP contribution in [0.25, 0.3) is 0 Å². The van der Waals surface area contributed by atoms with Crippen molar-refractivity contribution in [3.8, 4) is 12.1 Å². The smallest absolute Gasteiger partial charge is 0.182 e. The first-order valence-electron chi connectivity index (χ1n) is 1.40. The summed E-state index contributed by atoms with van der Waals surface area (Å²) in [5, 5.41) is 17.8. The van der Waals surface area contributed by atoms with E-state index in [9.17, 15) is 0 Å². The fourth-order valence-electron chi connectivity index (χ4n) is 0.0706. The van der Waals surface area contributed by atoms with E-state index in [-0.39, 0.29) is 5.57 Å². The van der Waals surface area contributed by atoms with E-state index in [0.29, 0.717) is 0 Å². The van der Waals surface area contributed by atoms with Gasteiger partial charge < -0.3 is 0 Å². The predicted molar refractivity (Wildman–Crippen MR) is 27.3 cm³/mol. The van der Waals surface area contributed by atoms with Crippen LogP contribution in [0.5, 0.6) is 0 Å². The zero-order valence-electron chi connectivity index (χ0n) is 3.30. The molecule has 0 fully saturated rings. The van der Waals surface area contributed by atoms with Gasteiger partial charge in [0.25, 0.3) is 0 Å². The van der Waals surface area contributed by atoms with Crippen molar-refractivity contribution in [2.75, 3.05) is 0 Å². The summed E-state index contributed by atoms with van der Waals surface area (Å²) in [5.41, 5.74) is -0.144. The van der Waals surface area contributed by atoms with Crippen LogP contribution in [-0.2, 0) is 0 Å². The summed E-state index contributed by atoms with van der Waals surface area (Å²) in [6, 6.07) is 3.08. The molecule has 0 aromatic rings. The molecule has 0 aromatic heterocycles. The van der Waals surface area contributed by atoms with Gasteiger partial charge in [-0.1, -0.05) is 0 Å². The lowest BCUT2D eigenvalue weighted by molar-refractivity contribution is 1.48. The lowest BCUT2D eigenvalue weighted by atomic mass is 10.4. The Balaban J connectivity index is 4.35. The van der Waals surface area contributed by atoms with E-state index < -0.39 is 0 Å². The Morgan fingerprint density at radius 2 is 1.71 bits per heavy atom. The van der Waals surface area contributed by atoms with Crippen LogP contribution >= 0.6 is 12.2 Å². The van der Waals surface area contributed by atoms with Crippen molar-refractivity contribution in [1.82, 2.24) is 0 Å². The maximum Gasteiger partial charge on any atom is 0.182 e. The summed E-state index contributed by atoms with van der Waals surface area (Å²) in [6.45, 7) is 0. The largest absolute Gasteiger partial charge is 0.191 e. The van der Waals surface area contributed by atoms with E-state index in [4.69, 9.17) is 10.5 Å². The van der Waals surface area contributed by atoms with Crippen LogP contribution in [0.15, 0.2) is 5.57 Å². The van der Waals surface area contributed by atoms with E-state index in [1.165, 1.54) is 0 Å². The molecule has 0 aliphatic heterocycles. The molecule has 0 aliphatic rings. The quantitative estimate of drug-likeness (QED) is 0.336. The van der Waals surface area contributed by atoms with Gasteiger partial charge in [0.05, 0.1) is 0 Å². The second-order valence-corrected chi connectivity index (χ2v) is 0.905. The van der Waals surface area contributed by atoms with E-state index in [1.54, 1.807) is 12.1 Å². The molecule has 7 heavy (non-hydrogen) atoms. The van der Waals surface area contributed by atoms with Gasteiger partial charge in [0.1, 0.15) is 12.1 Å². The summed E-state index contributed by atoms with van der Waals surface area (Å²) in [4.78, 5) is 0. The number of hydrogen-bond acceptors (Lipinski definition) is 3. The molecule has 0 saturated carbocycles. The Morgan fingerprint density at radius 1 is 1.29 bits per heavy atom. The number of nitriles is 2. The van der Waals surface area contributed by atoms with Crippen LogP contribution in [0.2, 0.25) is 0 Å². The van der Waals surface area contributed by atoms with Gasteiger partial charge >= 0.3 is 0 Å². The van der Waals surface area contributed by atoms with Crippen molar-refractivity contribution >= 4 is 17.2 Å². The number of rotatable bonds is 0. The summed E-state index contributed by atoms with van der Waals surface area (Å²) in [6.07, 6.45) is 0. The monoisotopic (exact) mass is 108 g/mol. The highest BCUT2D eigenvalue weighted by Gasteiger charge is 1.82. The van der Waals surface area contributed by atoms with Crippen molar-refractivity contribution in [1.29, 1.82) is 10.5 Å². The van der Waals surface area contributed by atoms with Crippen LogP contribution in [-0.4, -0.2) is 5.02 Å². The molecular weight excluding hydrogens is 108 g/mol. The third kappa shape index (κ3) is 1.67. The van der Waals surface area contributed by atoms with Crippen molar-refractivity contribution in [3.63, 3.8) is 0 Å². The molecule has 0 atom stereocenters. The summed E-state index contributed by atoms with van der Waals surface area (Å²) < 4.78 is 0. The molecule has 0 N–H and O–H groups in total. The highest BCUT2D eigenvalue weighted by molar-refractivity contribution is 7.78. The van der Waals surface area contributed by atoms with Crippen LogP contribution in [0, 0.1) is 22.7 Å². The first-order chi connectivity index (χ1) is 3.35. The molecule has 3 heteroatoms. The van der Waals surface area contributed by atoms with E-state index in [2.05, 4.69) is 12.2 Å². The van der Waals surface area contributed by atoms with E-state index >= 15 is 0 Å². The molecule has 0 aromatic carbocycles. The number of thiocarbonyl (C=S) groups is 1. The lowest BCUT2D eigenvalue weighted by Gasteiger charge is -1.58. The number of hydrogen-bond donors (Lipinski definition) is 0. The Kier molecular flexibility index (Phi) is 2.55. The number of nitrogens with zero attached hydrogens (tertiary/aromatic N) is 2. The molecule has 0 rings (SSSR count). The van der Waals surface area contributed by atoms with Crippen LogP contribution in [0.1, 0.15) is 0 Å². The molecule has 0 amide bonds. The summed E-state index contributed by atoms with van der Waals surface area (Å²) >= 11 is 4.14. The van der Waals surface area contributed by atoms with Crippen LogP contribution < -0.4 is 0 Å². The molecule has 0 unspecified atom stereocenters. The molecule has 0 spiro atoms. The van der Waals surface area contributed by atoms with Gasteiger partial charge in [-0.2, -0.15) is 10.5 Å². The Bertz CT molecular complexity index is 171. The average Bonchev–Trinajstić information content (AvgIpc) is 1.72. The van der Waals surface area contributed by atoms with Gasteiger partial charge in [-0.3, -0.25) is 0 Å². The van der Waals surface area contributed by atoms with Gasteiger partial charge in [-0.15, -0.1) is 0 Å². The minimum absolute atomic E-state index is 0.144. The first-order valence-corrected chi connectivity index (χ1v) is 1.81. The number of allylic oxidation sites excluding steroid dienone is 1. The minimum atomic E-state index is -0.144. The van der Waals surface area contributed by atoms with Gasteiger partial charge in [0, 0.05) is 0 Å². The molecular formula is C4N2S. The minimum Gasteiger partial charge on any atom is -0.191 e. The van der Waals surface area contributed by atoms with Crippen molar-refractivity contribution < 1.29 is 0 Å². The SMILES string of the molecule is N#CC(=C=S)C#N. The Hall–Kier alpha value is -1.15. The molecule has 32 valence electrons. The molecule has 0 radical (unpaired) electrons. The predicted octanol–water partition coefficient (Wildman–Crippen LogP) is 0.559. The van der Waals surface area contributed by atoms with Crippen LogP contribution in [0.3, 0.4) is 0 Å². The zero-order valence-corrected chi connectivity index (χ0v) is 4.12. The van der Waals surface area contributed by atoms with Gasteiger partial charge in [0.15, 0.2) is 5.57 Å². The normalized spacial score (nSPS) is 4.86. The molecule has 0 bridgehead atoms. The van der Waals surface area contributed by atoms with Gasteiger partial charge in [-0.25, -0.2) is 0 Å². The molecule has 0 saturated heterocycles. The highest BCUT2D eigenvalue weighted by atomic mass is 32.1. The molecule has 2 nitrogen and oxygen atoms in total. The van der Waals surface area contributed by atoms with Crippen molar-refractivity contribution in [2.45, 2.75) is 0 Å². The summed E-state index contributed by atoms with van der Waals surface area (Å²) in [5.74, 6) is 0. The van der Waals surface area contributed by atoms with Gasteiger partial charge in [-0.05, 0) is 17.2 Å². The zero-order chi connectivity index (χ0) is 5.70. The third-order valence-electron chi connectivity index (χ3n) is 0.326. The van der Waals surface area contributed by atoms with E-state index in [0.717, 1.165) is 0 Å². The Morgan fingerprint density at radius 3 is 1.71 bits per heavy atom. The maximum absolute atomic E-state index is 7.89. The average molecular weight is 108 g/mol. The van der Waals surface area contributed by atoms with Gasteiger partial charge in [0.2, 0.25) is 0 Å². The topological polar surface area (TPSA) is 47.6 Å². The Labute approximate surface area is 46.3 Å². The lowest BCUT2D eigenvalue weighted by Crippen LogP contribution is -1.65. The van der Waals surface area contributed by atoms with E-state index in [1.807, 2.05) is 5.02 Å².